The molecule has 0 saturated heterocycles. The van der Waals surface area contributed by atoms with Gasteiger partial charge in [-0.05, 0) is 81.3 Å². The number of aryl methyl sites for hydroxylation is 1. The first-order chi connectivity index (χ1) is 16.3. The minimum atomic E-state index is -0.446. The Morgan fingerprint density at radius 2 is 1.47 bits per heavy atom. The van der Waals surface area contributed by atoms with Crippen molar-refractivity contribution in [2.75, 3.05) is 13.7 Å². The fourth-order valence-electron chi connectivity index (χ4n) is 3.50. The van der Waals surface area contributed by atoms with E-state index >= 15 is 0 Å². The highest BCUT2D eigenvalue weighted by Crippen LogP contribution is 2.20. The number of aromatic nitrogens is 2. The molecule has 0 bridgehead atoms. The smallest absolute Gasteiger partial charge is 0.305 e. The highest BCUT2D eigenvalue weighted by atomic mass is 16.5. The van der Waals surface area contributed by atoms with E-state index in [-0.39, 0.29) is 12.4 Å². The largest absolute Gasteiger partial charge is 0.494 e. The molecular weight excluding hydrogens is 436 g/mol. The fraction of sp³-hybridized carbons (Fsp3) is 0.280. The van der Waals surface area contributed by atoms with Crippen molar-refractivity contribution in [2.24, 2.45) is 0 Å². The Bertz CT molecular complexity index is 1170. The van der Waals surface area contributed by atoms with Crippen LogP contribution in [0.4, 0.5) is 0 Å². The molecule has 0 unspecified atom stereocenters. The van der Waals surface area contributed by atoms with Gasteiger partial charge in [0.15, 0.2) is 0 Å². The van der Waals surface area contributed by atoms with Crippen molar-refractivity contribution >= 4 is 17.8 Å². The van der Waals surface area contributed by atoms with E-state index in [9.17, 15) is 14.4 Å². The van der Waals surface area contributed by atoms with Crippen LogP contribution in [0, 0.1) is 13.8 Å². The molecule has 9 nitrogen and oxygen atoms in total. The molecule has 2 aromatic carbocycles. The van der Waals surface area contributed by atoms with E-state index in [1.807, 2.05) is 20.8 Å². The summed E-state index contributed by atoms with van der Waals surface area (Å²) in [6, 6.07) is 13.5. The minimum absolute atomic E-state index is 0.267. The first kappa shape index (κ1) is 24.5. The van der Waals surface area contributed by atoms with Gasteiger partial charge in [-0.2, -0.15) is 5.10 Å². The molecule has 0 radical (unpaired) electrons. The number of esters is 1. The van der Waals surface area contributed by atoms with Gasteiger partial charge in [-0.15, -0.1) is 0 Å². The van der Waals surface area contributed by atoms with E-state index in [0.717, 1.165) is 22.6 Å². The van der Waals surface area contributed by atoms with Gasteiger partial charge in [-0.1, -0.05) is 0 Å². The Kier molecular flexibility index (Phi) is 8.02. The molecule has 2 N–H and O–H groups in total. The summed E-state index contributed by atoms with van der Waals surface area (Å²) >= 11 is 0. The van der Waals surface area contributed by atoms with Crippen molar-refractivity contribution in [1.29, 1.82) is 0 Å². The Labute approximate surface area is 198 Å². The summed E-state index contributed by atoms with van der Waals surface area (Å²) in [6.45, 7) is 6.25. The van der Waals surface area contributed by atoms with Crippen molar-refractivity contribution in [1.82, 2.24) is 20.6 Å². The van der Waals surface area contributed by atoms with E-state index in [1.54, 1.807) is 53.2 Å². The van der Waals surface area contributed by atoms with Gasteiger partial charge in [-0.3, -0.25) is 25.2 Å². The number of hydrogen-bond donors (Lipinski definition) is 2. The lowest BCUT2D eigenvalue weighted by atomic mass is 10.1. The van der Waals surface area contributed by atoms with Gasteiger partial charge in [0.25, 0.3) is 11.8 Å². The van der Waals surface area contributed by atoms with Gasteiger partial charge in [-0.25, -0.2) is 4.68 Å². The van der Waals surface area contributed by atoms with Gasteiger partial charge in [0, 0.05) is 23.2 Å². The first-order valence-corrected chi connectivity index (χ1v) is 10.9. The molecule has 0 spiro atoms. The molecule has 2 amide bonds. The Morgan fingerprint density at radius 3 is 2.00 bits per heavy atom. The highest BCUT2D eigenvalue weighted by molar-refractivity contribution is 5.99. The fourth-order valence-corrected chi connectivity index (χ4v) is 3.50. The maximum absolute atomic E-state index is 12.5. The van der Waals surface area contributed by atoms with Crippen molar-refractivity contribution in [2.45, 2.75) is 33.6 Å². The van der Waals surface area contributed by atoms with E-state index in [1.165, 1.54) is 7.11 Å². The SMILES string of the molecule is CCOc1ccc(C(=O)NNC(=O)c2ccc(-n3nc(C)c(CCC(=O)OC)c3C)cc2)cc1. The summed E-state index contributed by atoms with van der Waals surface area (Å²) in [7, 11) is 1.37. The van der Waals surface area contributed by atoms with Crippen molar-refractivity contribution in [3.63, 3.8) is 0 Å². The molecule has 0 aliphatic heterocycles. The molecule has 3 rings (SSSR count). The van der Waals surface area contributed by atoms with E-state index in [4.69, 9.17) is 9.47 Å². The van der Waals surface area contributed by atoms with Crippen molar-refractivity contribution in [3.8, 4) is 11.4 Å². The van der Waals surface area contributed by atoms with Crippen LogP contribution in [0.5, 0.6) is 5.75 Å². The second-order valence-electron chi connectivity index (χ2n) is 7.55. The normalized spacial score (nSPS) is 10.5. The van der Waals surface area contributed by atoms with Crippen LogP contribution in [0.15, 0.2) is 48.5 Å². The standard InChI is InChI=1S/C25H28N4O5/c1-5-34-21-12-8-19(9-13-21)25(32)27-26-24(31)18-6-10-20(11-7-18)29-17(3)22(16(2)28-29)14-15-23(30)33-4/h6-13H,5,14-15H2,1-4H3,(H,26,31)(H,27,32). The van der Waals surface area contributed by atoms with Crippen LogP contribution in [-0.2, 0) is 16.0 Å². The number of carbonyl (C=O) groups excluding carboxylic acids is 3. The number of rotatable bonds is 8. The molecule has 1 aromatic heterocycles. The lowest BCUT2D eigenvalue weighted by Crippen LogP contribution is -2.41. The number of hydrogen-bond acceptors (Lipinski definition) is 6. The van der Waals surface area contributed by atoms with Crippen LogP contribution in [-0.4, -0.2) is 41.3 Å². The summed E-state index contributed by atoms with van der Waals surface area (Å²) in [6.07, 6.45) is 0.824. The summed E-state index contributed by atoms with van der Waals surface area (Å²) < 4.78 is 11.8. The third-order valence-corrected chi connectivity index (χ3v) is 5.34. The predicted molar refractivity (Wildman–Crippen MR) is 126 cm³/mol. The van der Waals surface area contributed by atoms with Crippen LogP contribution in [0.3, 0.4) is 0 Å². The quantitative estimate of drug-likeness (QED) is 0.392. The van der Waals surface area contributed by atoms with Gasteiger partial charge in [0.1, 0.15) is 5.75 Å². The second kappa shape index (κ2) is 11.1. The van der Waals surface area contributed by atoms with Gasteiger partial charge < -0.3 is 9.47 Å². The van der Waals surface area contributed by atoms with Crippen LogP contribution < -0.4 is 15.6 Å². The van der Waals surface area contributed by atoms with Crippen LogP contribution in [0.1, 0.15) is 51.0 Å². The molecule has 1 heterocycles. The summed E-state index contributed by atoms with van der Waals surface area (Å²) in [5.41, 5.74) is 9.12. The Hall–Kier alpha value is -4.14. The lowest BCUT2D eigenvalue weighted by Gasteiger charge is -2.10. The number of amides is 2. The Balaban J connectivity index is 1.62. The van der Waals surface area contributed by atoms with Crippen LogP contribution in [0.25, 0.3) is 5.69 Å². The third kappa shape index (κ3) is 5.80. The van der Waals surface area contributed by atoms with E-state index < -0.39 is 11.8 Å². The van der Waals surface area contributed by atoms with Crippen LogP contribution >= 0.6 is 0 Å². The average Bonchev–Trinajstić information content (AvgIpc) is 3.14. The van der Waals surface area contributed by atoms with Crippen molar-refractivity contribution < 1.29 is 23.9 Å². The summed E-state index contributed by atoms with van der Waals surface area (Å²) in [5.74, 6) is -0.481. The highest BCUT2D eigenvalue weighted by Gasteiger charge is 2.15. The minimum Gasteiger partial charge on any atom is -0.494 e. The maximum Gasteiger partial charge on any atom is 0.305 e. The van der Waals surface area contributed by atoms with Crippen molar-refractivity contribution in [3.05, 3.63) is 76.6 Å². The van der Waals surface area contributed by atoms with Gasteiger partial charge >= 0.3 is 5.97 Å². The molecule has 0 fully saturated rings. The number of ether oxygens (including phenoxy) is 2. The molecule has 3 aromatic rings. The molecule has 34 heavy (non-hydrogen) atoms. The van der Waals surface area contributed by atoms with Gasteiger partial charge in [0.2, 0.25) is 0 Å². The molecular formula is C25H28N4O5. The van der Waals surface area contributed by atoms with Crippen LogP contribution in [0.2, 0.25) is 0 Å². The number of hydrazine groups is 1. The topological polar surface area (TPSA) is 112 Å². The molecule has 0 aliphatic rings. The number of methoxy groups -OCH3 is 1. The Morgan fingerprint density at radius 1 is 0.912 bits per heavy atom. The first-order valence-electron chi connectivity index (χ1n) is 10.9. The summed E-state index contributed by atoms with van der Waals surface area (Å²) in [5, 5.41) is 4.57. The third-order valence-electron chi connectivity index (χ3n) is 5.34. The second-order valence-corrected chi connectivity index (χ2v) is 7.55. The zero-order chi connectivity index (χ0) is 24.7. The van der Waals surface area contributed by atoms with E-state index in [0.29, 0.717) is 29.9 Å². The molecule has 178 valence electrons. The lowest BCUT2D eigenvalue weighted by molar-refractivity contribution is -0.140. The molecule has 9 heteroatoms. The summed E-state index contributed by atoms with van der Waals surface area (Å²) in [4.78, 5) is 36.2. The monoisotopic (exact) mass is 464 g/mol. The zero-order valence-electron chi connectivity index (χ0n) is 19.7. The average molecular weight is 465 g/mol. The number of benzene rings is 2. The van der Waals surface area contributed by atoms with E-state index in [2.05, 4.69) is 16.0 Å². The molecule has 0 atom stereocenters. The number of nitrogens with zero attached hydrogens (tertiary/aromatic N) is 2. The number of carbonyl (C=O) groups is 3. The molecule has 0 aliphatic carbocycles. The molecule has 0 saturated carbocycles. The maximum atomic E-state index is 12.5. The number of nitrogens with one attached hydrogen (secondary N) is 2. The van der Waals surface area contributed by atoms with Gasteiger partial charge in [0.05, 0.1) is 25.1 Å². The zero-order valence-corrected chi connectivity index (χ0v) is 19.7. The predicted octanol–water partition coefficient (Wildman–Crippen LogP) is 3.07.